The van der Waals surface area contributed by atoms with Gasteiger partial charge in [-0.15, -0.1) is 0 Å². The van der Waals surface area contributed by atoms with Crippen molar-refractivity contribution < 1.29 is 14.7 Å². The summed E-state index contributed by atoms with van der Waals surface area (Å²) in [5.41, 5.74) is 1.70. The fraction of sp³-hybridized carbons (Fsp3) is 0.500. The molecule has 0 saturated heterocycles. The summed E-state index contributed by atoms with van der Waals surface area (Å²) in [6.45, 7) is 2.14. The van der Waals surface area contributed by atoms with Gasteiger partial charge in [0.05, 0.1) is 0 Å². The summed E-state index contributed by atoms with van der Waals surface area (Å²) in [6, 6.07) is 6.55. The molecule has 0 aliphatic rings. The van der Waals surface area contributed by atoms with E-state index in [9.17, 15) is 9.59 Å². The highest BCUT2D eigenvalue weighted by Gasteiger charge is 2.19. The minimum absolute atomic E-state index is 0.328. The first-order valence-electron chi connectivity index (χ1n) is 7.20. The number of carbonyl (C=O) groups is 2. The van der Waals surface area contributed by atoms with Crippen LogP contribution in [0.5, 0.6) is 0 Å². The van der Waals surface area contributed by atoms with Crippen LogP contribution >= 0.6 is 11.8 Å². The smallest absolute Gasteiger partial charge is 0.326 e. The number of hydrogen-bond acceptors (Lipinski definition) is 3. The van der Waals surface area contributed by atoms with Gasteiger partial charge >= 0.3 is 5.97 Å². The van der Waals surface area contributed by atoms with Gasteiger partial charge in [-0.1, -0.05) is 25.5 Å². The van der Waals surface area contributed by atoms with Crippen LogP contribution in [0.25, 0.3) is 0 Å². The van der Waals surface area contributed by atoms with Crippen molar-refractivity contribution in [1.29, 1.82) is 0 Å². The normalized spacial score (nSPS) is 11.9. The molecule has 1 rings (SSSR count). The van der Waals surface area contributed by atoms with Gasteiger partial charge < -0.3 is 10.4 Å². The number of aryl methyl sites for hydroxylation is 1. The number of benzene rings is 1. The molecule has 5 heteroatoms. The number of thioether (sulfide) groups is 1. The molecule has 2 N–H and O–H groups in total. The largest absolute Gasteiger partial charge is 0.480 e. The highest BCUT2D eigenvalue weighted by molar-refractivity contribution is 7.98. The van der Waals surface area contributed by atoms with Gasteiger partial charge in [-0.2, -0.15) is 11.8 Å². The molecule has 1 aromatic rings. The zero-order valence-corrected chi connectivity index (χ0v) is 13.4. The molecule has 0 radical (unpaired) electrons. The molecule has 1 atom stereocenters. The zero-order chi connectivity index (χ0) is 15.7. The number of carboxylic acids is 1. The van der Waals surface area contributed by atoms with E-state index in [0.717, 1.165) is 19.3 Å². The summed E-state index contributed by atoms with van der Waals surface area (Å²) < 4.78 is 0. The first-order valence-corrected chi connectivity index (χ1v) is 8.59. The SMILES string of the molecule is CCCCc1ccc(C(=O)NC(CCSC)C(=O)O)cc1. The van der Waals surface area contributed by atoms with Gasteiger partial charge in [-0.05, 0) is 49.0 Å². The Kier molecular flexibility index (Phi) is 7.90. The molecule has 0 aromatic heterocycles. The van der Waals surface area contributed by atoms with Crippen LogP contribution in [0.15, 0.2) is 24.3 Å². The van der Waals surface area contributed by atoms with Gasteiger partial charge in [0.2, 0.25) is 0 Å². The van der Waals surface area contributed by atoms with Crippen molar-refractivity contribution in [3.8, 4) is 0 Å². The Balaban J connectivity index is 2.62. The maximum Gasteiger partial charge on any atom is 0.326 e. The Hall–Kier alpha value is -1.49. The summed E-state index contributed by atoms with van der Waals surface area (Å²) in [5, 5.41) is 11.7. The quantitative estimate of drug-likeness (QED) is 0.736. The van der Waals surface area contributed by atoms with E-state index < -0.39 is 12.0 Å². The van der Waals surface area contributed by atoms with Crippen LogP contribution in [0.2, 0.25) is 0 Å². The van der Waals surface area contributed by atoms with Gasteiger partial charge in [0.15, 0.2) is 0 Å². The van der Waals surface area contributed by atoms with Gasteiger partial charge in [0.1, 0.15) is 6.04 Å². The Labute approximate surface area is 130 Å². The van der Waals surface area contributed by atoms with E-state index in [4.69, 9.17) is 5.11 Å². The predicted molar refractivity (Wildman–Crippen MR) is 86.9 cm³/mol. The molecule has 4 nitrogen and oxygen atoms in total. The Morgan fingerprint density at radius 3 is 2.48 bits per heavy atom. The van der Waals surface area contributed by atoms with E-state index in [1.807, 2.05) is 18.4 Å². The lowest BCUT2D eigenvalue weighted by Gasteiger charge is -2.14. The van der Waals surface area contributed by atoms with Crippen molar-refractivity contribution in [2.45, 2.75) is 38.6 Å². The van der Waals surface area contributed by atoms with Crippen LogP contribution in [-0.2, 0) is 11.2 Å². The Bertz CT molecular complexity index is 459. The van der Waals surface area contributed by atoms with Crippen molar-refractivity contribution >= 4 is 23.6 Å². The number of aliphatic carboxylic acids is 1. The fourth-order valence-electron chi connectivity index (χ4n) is 1.94. The van der Waals surface area contributed by atoms with Crippen LogP contribution in [-0.4, -0.2) is 35.0 Å². The van der Waals surface area contributed by atoms with Gasteiger partial charge in [-0.25, -0.2) is 4.79 Å². The average molecular weight is 309 g/mol. The second-order valence-electron chi connectivity index (χ2n) is 4.95. The predicted octanol–water partition coefficient (Wildman–Crippen LogP) is 2.97. The maximum atomic E-state index is 12.1. The molecular weight excluding hydrogens is 286 g/mol. The summed E-state index contributed by atoms with van der Waals surface area (Å²) in [7, 11) is 0. The highest BCUT2D eigenvalue weighted by atomic mass is 32.2. The molecule has 0 saturated carbocycles. The van der Waals surface area contributed by atoms with Crippen molar-refractivity contribution in [3.05, 3.63) is 35.4 Å². The molecule has 21 heavy (non-hydrogen) atoms. The number of nitrogens with one attached hydrogen (secondary N) is 1. The third-order valence-corrected chi connectivity index (χ3v) is 3.89. The Morgan fingerprint density at radius 1 is 1.29 bits per heavy atom. The molecule has 1 amide bonds. The maximum absolute atomic E-state index is 12.1. The summed E-state index contributed by atoms with van der Waals surface area (Å²) in [4.78, 5) is 23.2. The van der Waals surface area contributed by atoms with Crippen molar-refractivity contribution in [2.24, 2.45) is 0 Å². The molecule has 0 bridgehead atoms. The lowest BCUT2D eigenvalue weighted by Crippen LogP contribution is -2.41. The number of hydrogen-bond donors (Lipinski definition) is 2. The first-order chi connectivity index (χ1) is 10.1. The molecule has 0 fully saturated rings. The van der Waals surface area contributed by atoms with Gasteiger partial charge in [0, 0.05) is 5.56 Å². The second kappa shape index (κ2) is 9.45. The van der Waals surface area contributed by atoms with E-state index in [2.05, 4.69) is 12.2 Å². The van der Waals surface area contributed by atoms with Gasteiger partial charge in [0.25, 0.3) is 5.91 Å². The third kappa shape index (κ3) is 6.21. The molecule has 116 valence electrons. The fourth-order valence-corrected chi connectivity index (χ4v) is 2.41. The summed E-state index contributed by atoms with van der Waals surface area (Å²) in [5.74, 6) is -0.616. The molecule has 0 aliphatic carbocycles. The van der Waals surface area contributed by atoms with Crippen LogP contribution in [0, 0.1) is 0 Å². The highest BCUT2D eigenvalue weighted by Crippen LogP contribution is 2.09. The van der Waals surface area contributed by atoms with Crippen molar-refractivity contribution in [2.75, 3.05) is 12.0 Å². The molecular formula is C16H23NO3S. The van der Waals surface area contributed by atoms with Crippen molar-refractivity contribution in [1.82, 2.24) is 5.32 Å². The summed E-state index contributed by atoms with van der Waals surface area (Å²) >= 11 is 1.57. The monoisotopic (exact) mass is 309 g/mol. The minimum atomic E-state index is -0.989. The lowest BCUT2D eigenvalue weighted by atomic mass is 10.1. The van der Waals surface area contributed by atoms with E-state index in [0.29, 0.717) is 17.7 Å². The number of unbranched alkanes of at least 4 members (excludes halogenated alkanes) is 1. The third-order valence-electron chi connectivity index (χ3n) is 3.25. The zero-order valence-electron chi connectivity index (χ0n) is 12.6. The molecule has 1 unspecified atom stereocenters. The first kappa shape index (κ1) is 17.6. The second-order valence-corrected chi connectivity index (χ2v) is 5.93. The van der Waals surface area contributed by atoms with E-state index >= 15 is 0 Å². The van der Waals surface area contributed by atoms with E-state index in [1.165, 1.54) is 5.56 Å². The van der Waals surface area contributed by atoms with Crippen LogP contribution < -0.4 is 5.32 Å². The average Bonchev–Trinajstić information content (AvgIpc) is 2.49. The van der Waals surface area contributed by atoms with Gasteiger partial charge in [-0.3, -0.25) is 4.79 Å². The molecule has 0 heterocycles. The van der Waals surface area contributed by atoms with E-state index in [-0.39, 0.29) is 5.91 Å². The molecule has 0 aliphatic heterocycles. The minimum Gasteiger partial charge on any atom is -0.480 e. The van der Waals surface area contributed by atoms with Crippen LogP contribution in [0.4, 0.5) is 0 Å². The lowest BCUT2D eigenvalue weighted by molar-refractivity contribution is -0.139. The van der Waals surface area contributed by atoms with Crippen LogP contribution in [0.3, 0.4) is 0 Å². The Morgan fingerprint density at radius 2 is 1.95 bits per heavy atom. The van der Waals surface area contributed by atoms with Crippen molar-refractivity contribution in [3.63, 3.8) is 0 Å². The van der Waals surface area contributed by atoms with E-state index in [1.54, 1.807) is 23.9 Å². The number of carbonyl (C=O) groups excluding carboxylic acids is 1. The molecule has 1 aromatic carbocycles. The number of amides is 1. The topological polar surface area (TPSA) is 66.4 Å². The standard InChI is InChI=1S/C16H23NO3S/c1-3-4-5-12-6-8-13(9-7-12)15(18)17-14(16(19)20)10-11-21-2/h6-9,14H,3-5,10-11H2,1-2H3,(H,17,18)(H,19,20). The number of rotatable bonds is 9. The summed E-state index contributed by atoms with van der Waals surface area (Å²) in [6.07, 6.45) is 5.61. The molecule has 0 spiro atoms. The number of carboxylic acid groups (broad SMARTS) is 1. The van der Waals surface area contributed by atoms with Crippen LogP contribution in [0.1, 0.15) is 42.1 Å².